The number of carboxylic acids is 1. The maximum absolute atomic E-state index is 13.9. The lowest BCUT2D eigenvalue weighted by molar-refractivity contribution is -0.147. The van der Waals surface area contributed by atoms with E-state index < -0.39 is 30.7 Å². The van der Waals surface area contributed by atoms with Crippen molar-refractivity contribution in [3.05, 3.63) is 22.7 Å². The van der Waals surface area contributed by atoms with Crippen LogP contribution in [0.2, 0.25) is 5.02 Å². The minimum atomic E-state index is -3.43. The van der Waals surface area contributed by atoms with Gasteiger partial charge in [-0.05, 0) is 6.07 Å². The molecule has 110 valence electrons. The molecule has 0 unspecified atom stereocenters. The van der Waals surface area contributed by atoms with Crippen LogP contribution < -0.4 is 9.47 Å². The first-order valence-corrected chi connectivity index (χ1v) is 6.05. The molecule has 0 fully saturated rings. The third-order valence-corrected chi connectivity index (χ3v) is 2.85. The van der Waals surface area contributed by atoms with Crippen molar-refractivity contribution in [3.63, 3.8) is 0 Å². The number of aliphatic carboxylic acids is 1. The Morgan fingerprint density at radius 1 is 1.35 bits per heavy atom. The van der Waals surface area contributed by atoms with Gasteiger partial charge in [-0.15, -0.1) is 0 Å². The molecule has 8 heteroatoms. The van der Waals surface area contributed by atoms with Crippen molar-refractivity contribution in [2.24, 2.45) is 0 Å². The molecule has 20 heavy (non-hydrogen) atoms. The third kappa shape index (κ3) is 3.29. The monoisotopic (exact) mass is 308 g/mol. The van der Waals surface area contributed by atoms with Crippen LogP contribution in [0.4, 0.5) is 8.78 Å². The van der Waals surface area contributed by atoms with Crippen molar-refractivity contribution in [3.8, 4) is 11.5 Å². The van der Waals surface area contributed by atoms with E-state index in [4.69, 9.17) is 26.2 Å². The van der Waals surface area contributed by atoms with Crippen LogP contribution in [-0.4, -0.2) is 37.5 Å². The van der Waals surface area contributed by atoms with E-state index >= 15 is 0 Å². The first-order valence-electron chi connectivity index (χ1n) is 5.67. The zero-order chi connectivity index (χ0) is 14.8. The van der Waals surface area contributed by atoms with Gasteiger partial charge in [0, 0.05) is 11.6 Å². The fourth-order valence-corrected chi connectivity index (χ4v) is 1.98. The molecule has 0 saturated heterocycles. The number of hydrogen-bond donors (Lipinski definition) is 1. The lowest BCUT2D eigenvalue weighted by Gasteiger charge is -2.23. The quantitative estimate of drug-likeness (QED) is 0.904. The van der Waals surface area contributed by atoms with E-state index in [2.05, 4.69) is 4.74 Å². The minimum absolute atomic E-state index is 0.175. The molecular formula is C12H11ClF2O5. The molecule has 0 aromatic heterocycles. The average Bonchev–Trinajstić information content (AvgIpc) is 2.37. The lowest BCUT2D eigenvalue weighted by atomic mass is 10.1. The highest BCUT2D eigenvalue weighted by Crippen LogP contribution is 2.41. The SMILES string of the molecule is O=C(O)COCC(F)(F)c1cc2c(cc1Cl)OCCO2. The van der Waals surface area contributed by atoms with E-state index in [1.807, 2.05) is 0 Å². The van der Waals surface area contributed by atoms with E-state index in [1.54, 1.807) is 0 Å². The van der Waals surface area contributed by atoms with Crippen LogP contribution in [0.15, 0.2) is 12.1 Å². The zero-order valence-corrected chi connectivity index (χ0v) is 11.0. The number of hydrogen-bond acceptors (Lipinski definition) is 4. The summed E-state index contributed by atoms with van der Waals surface area (Å²) in [5, 5.41) is 8.16. The van der Waals surface area contributed by atoms with Crippen LogP contribution in [0.5, 0.6) is 11.5 Å². The number of fused-ring (bicyclic) bond motifs is 1. The first kappa shape index (κ1) is 14.8. The molecule has 0 saturated carbocycles. The molecule has 1 aliphatic heterocycles. The third-order valence-electron chi connectivity index (χ3n) is 2.53. The highest BCUT2D eigenvalue weighted by molar-refractivity contribution is 6.31. The normalized spacial score (nSPS) is 14.2. The van der Waals surface area contributed by atoms with Gasteiger partial charge in [0.1, 0.15) is 26.4 Å². The summed E-state index contributed by atoms with van der Waals surface area (Å²) in [6.45, 7) is -1.31. The van der Waals surface area contributed by atoms with Crippen LogP contribution in [0.1, 0.15) is 5.56 Å². The Labute approximate surface area is 118 Å². The van der Waals surface area contributed by atoms with Gasteiger partial charge in [-0.2, -0.15) is 8.78 Å². The molecule has 1 N–H and O–H groups in total. The van der Waals surface area contributed by atoms with Gasteiger partial charge >= 0.3 is 5.97 Å². The molecule has 5 nitrogen and oxygen atoms in total. The molecule has 1 aliphatic rings. The summed E-state index contributed by atoms with van der Waals surface area (Å²) in [4.78, 5) is 10.2. The van der Waals surface area contributed by atoms with Gasteiger partial charge in [0.15, 0.2) is 11.5 Å². The highest BCUT2D eigenvalue weighted by atomic mass is 35.5. The number of rotatable bonds is 5. The van der Waals surface area contributed by atoms with E-state index in [-0.39, 0.29) is 17.4 Å². The van der Waals surface area contributed by atoms with Crippen molar-refractivity contribution >= 4 is 17.6 Å². The van der Waals surface area contributed by atoms with Gasteiger partial charge < -0.3 is 19.3 Å². The van der Waals surface area contributed by atoms with Gasteiger partial charge in [-0.1, -0.05) is 11.6 Å². The molecule has 0 amide bonds. The van der Waals surface area contributed by atoms with Crippen molar-refractivity contribution in [1.82, 2.24) is 0 Å². The molecule has 0 aliphatic carbocycles. The maximum atomic E-state index is 13.9. The molecule has 1 aromatic rings. The van der Waals surface area contributed by atoms with Crippen LogP contribution in [-0.2, 0) is 15.5 Å². The van der Waals surface area contributed by atoms with Crippen LogP contribution in [0.3, 0.4) is 0 Å². The van der Waals surface area contributed by atoms with Gasteiger partial charge in [-0.25, -0.2) is 4.79 Å². The summed E-state index contributed by atoms with van der Waals surface area (Å²) in [5.74, 6) is -4.28. The first-order chi connectivity index (χ1) is 9.40. The predicted molar refractivity (Wildman–Crippen MR) is 64.8 cm³/mol. The van der Waals surface area contributed by atoms with Crippen molar-refractivity contribution in [2.45, 2.75) is 5.92 Å². The van der Waals surface area contributed by atoms with Crippen LogP contribution in [0.25, 0.3) is 0 Å². The van der Waals surface area contributed by atoms with E-state index in [1.165, 1.54) is 6.07 Å². The fraction of sp³-hybridized carbons (Fsp3) is 0.417. The Morgan fingerprint density at radius 3 is 2.55 bits per heavy atom. The van der Waals surface area contributed by atoms with Crippen LogP contribution in [0, 0.1) is 0 Å². The van der Waals surface area contributed by atoms with E-state index in [0.29, 0.717) is 12.4 Å². The highest BCUT2D eigenvalue weighted by Gasteiger charge is 2.36. The molecule has 0 atom stereocenters. The molecule has 0 radical (unpaired) electrons. The molecule has 0 spiro atoms. The largest absolute Gasteiger partial charge is 0.486 e. The number of halogens is 3. The second-order valence-corrected chi connectivity index (χ2v) is 4.47. The number of carboxylic acid groups (broad SMARTS) is 1. The fourth-order valence-electron chi connectivity index (χ4n) is 1.69. The maximum Gasteiger partial charge on any atom is 0.329 e. The lowest BCUT2D eigenvalue weighted by Crippen LogP contribution is -2.24. The molecular weight excluding hydrogens is 298 g/mol. The summed E-state index contributed by atoms with van der Waals surface area (Å²) in [5.41, 5.74) is -0.492. The Balaban J connectivity index is 2.19. The molecule has 0 bridgehead atoms. The van der Waals surface area contributed by atoms with Gasteiger partial charge in [0.05, 0.1) is 5.02 Å². The van der Waals surface area contributed by atoms with E-state index in [0.717, 1.165) is 6.07 Å². The summed E-state index contributed by atoms with van der Waals surface area (Å²) in [6.07, 6.45) is 0. The zero-order valence-electron chi connectivity index (χ0n) is 10.2. The summed E-state index contributed by atoms with van der Waals surface area (Å²) >= 11 is 5.80. The topological polar surface area (TPSA) is 65.0 Å². The van der Waals surface area contributed by atoms with Gasteiger partial charge in [0.25, 0.3) is 5.92 Å². The number of carbonyl (C=O) groups is 1. The van der Waals surface area contributed by atoms with Crippen molar-refractivity contribution in [2.75, 3.05) is 26.4 Å². The van der Waals surface area contributed by atoms with Crippen LogP contribution >= 0.6 is 11.6 Å². The van der Waals surface area contributed by atoms with Crippen molar-refractivity contribution < 1.29 is 32.9 Å². The molecule has 1 heterocycles. The average molecular weight is 309 g/mol. The summed E-state index contributed by atoms with van der Waals surface area (Å²) < 4.78 is 42.7. The number of alkyl halides is 2. The Hall–Kier alpha value is -1.60. The van der Waals surface area contributed by atoms with E-state index in [9.17, 15) is 13.6 Å². The Kier molecular flexibility index (Phi) is 4.29. The smallest absolute Gasteiger partial charge is 0.329 e. The van der Waals surface area contributed by atoms with Gasteiger partial charge in [-0.3, -0.25) is 0 Å². The summed E-state index contributed by atoms with van der Waals surface area (Å²) in [6, 6.07) is 2.33. The number of ether oxygens (including phenoxy) is 3. The Morgan fingerprint density at radius 2 is 1.95 bits per heavy atom. The second-order valence-electron chi connectivity index (χ2n) is 4.07. The standard InChI is InChI=1S/C12H11ClF2O5/c13-8-4-10-9(19-1-2-20-10)3-7(8)12(14,15)6-18-5-11(16)17/h3-4H,1-2,5-6H2,(H,16,17). The number of benzene rings is 1. The van der Waals surface area contributed by atoms with Gasteiger partial charge in [0.2, 0.25) is 0 Å². The Bertz CT molecular complexity index is 521. The molecule has 2 rings (SSSR count). The molecule has 1 aromatic carbocycles. The minimum Gasteiger partial charge on any atom is -0.486 e. The predicted octanol–water partition coefficient (Wildman–Crippen LogP) is 2.30. The van der Waals surface area contributed by atoms with Crippen molar-refractivity contribution in [1.29, 1.82) is 0 Å². The summed E-state index contributed by atoms with van der Waals surface area (Å²) in [7, 11) is 0. The second kappa shape index (κ2) is 5.80.